The second-order valence-electron chi connectivity index (χ2n) is 5.42. The van der Waals surface area contributed by atoms with Crippen LogP contribution in [0.5, 0.6) is 0 Å². The van der Waals surface area contributed by atoms with Gasteiger partial charge in [-0.1, -0.05) is 27.2 Å². The summed E-state index contributed by atoms with van der Waals surface area (Å²) >= 11 is 0. The van der Waals surface area contributed by atoms with Crippen LogP contribution in [-0.4, -0.2) is 24.3 Å². The molecule has 0 saturated carbocycles. The Labute approximate surface area is 184 Å². The number of hydrogen-bond acceptors (Lipinski definition) is 3. The van der Waals surface area contributed by atoms with Crippen molar-refractivity contribution in [2.75, 3.05) is 13.2 Å². The summed E-state index contributed by atoms with van der Waals surface area (Å²) in [5.41, 5.74) is 2.97. The molecule has 1 aromatic rings. The topological polar surface area (TPSA) is 46.5 Å². The Morgan fingerprint density at radius 1 is 1.36 bits per heavy atom. The van der Waals surface area contributed by atoms with Gasteiger partial charge in [0.2, 0.25) is 0 Å². The number of esters is 1. The summed E-state index contributed by atoms with van der Waals surface area (Å²) in [5, 5.41) is 9.37. The molecule has 1 N–H and O–H groups in total. The van der Waals surface area contributed by atoms with Gasteiger partial charge in [0.25, 0.3) is 0 Å². The van der Waals surface area contributed by atoms with Crippen LogP contribution in [0.1, 0.15) is 31.4 Å². The summed E-state index contributed by atoms with van der Waals surface area (Å²) in [6, 6.07) is 9.04. The molecule has 1 atom stereocenters. The zero-order valence-electron chi connectivity index (χ0n) is 13.6. The van der Waals surface area contributed by atoms with Gasteiger partial charge < -0.3 is 9.84 Å². The van der Waals surface area contributed by atoms with Crippen LogP contribution in [0.3, 0.4) is 0 Å². The van der Waals surface area contributed by atoms with Crippen LogP contribution in [0.25, 0.3) is 5.57 Å². The first kappa shape index (κ1) is 24.8. The summed E-state index contributed by atoms with van der Waals surface area (Å²) in [6.45, 7) is 9.79. The van der Waals surface area contributed by atoms with E-state index in [0.29, 0.717) is 6.42 Å². The monoisotopic (exact) mass is 453 g/mol. The number of allylic oxidation sites excluding steroid dienone is 1. The molecular formula is C17H23O3Y2-. The third kappa shape index (κ3) is 9.03. The molecule has 0 unspecified atom stereocenters. The van der Waals surface area contributed by atoms with Gasteiger partial charge in [-0.05, 0) is 0 Å². The number of aliphatic hydroxyl groups excluding tert-OH is 1. The van der Waals surface area contributed by atoms with E-state index in [9.17, 15) is 9.90 Å². The van der Waals surface area contributed by atoms with E-state index in [1.165, 1.54) is 0 Å². The van der Waals surface area contributed by atoms with Crippen LogP contribution in [-0.2, 0) is 74.9 Å². The molecule has 0 amide bonds. The van der Waals surface area contributed by atoms with Gasteiger partial charge in [0.05, 0.1) is 12.5 Å². The fourth-order valence-electron chi connectivity index (χ4n) is 1.72. The van der Waals surface area contributed by atoms with Crippen LogP contribution in [0.15, 0.2) is 24.8 Å². The smallest absolute Gasteiger partial charge is 0.308 e. The van der Waals surface area contributed by atoms with Gasteiger partial charge in [0.1, 0.15) is 0 Å². The molecular weight excluding hydrogens is 430 g/mol. The molecule has 0 saturated heterocycles. The van der Waals surface area contributed by atoms with E-state index < -0.39 is 0 Å². The van der Waals surface area contributed by atoms with Crippen molar-refractivity contribution < 1.29 is 80.1 Å². The van der Waals surface area contributed by atoms with Crippen LogP contribution < -0.4 is 0 Å². The largest absolute Gasteiger partial charge is 0.465 e. The van der Waals surface area contributed by atoms with Gasteiger partial charge in [-0.2, -0.15) is 0 Å². The molecule has 116 valence electrons. The van der Waals surface area contributed by atoms with Crippen LogP contribution >= 0.6 is 0 Å². The number of hydrogen-bond donors (Lipinski definition) is 1. The number of aliphatic hydroxyl groups is 1. The molecule has 1 rings (SSSR count). The predicted octanol–water partition coefficient (Wildman–Crippen LogP) is 3.00. The van der Waals surface area contributed by atoms with Crippen LogP contribution in [0.4, 0.5) is 0 Å². The SMILES string of the molecule is C=C(C[C@@H](CO)COC(=O)C(C)C)c1[c-]cc(C)cc1.[Y].[Y]. The molecule has 0 aliphatic carbocycles. The van der Waals surface area contributed by atoms with Gasteiger partial charge >= 0.3 is 5.97 Å². The number of aryl methyl sites for hydroxylation is 1. The molecule has 22 heavy (non-hydrogen) atoms. The normalized spacial score (nSPS) is 11.1. The van der Waals surface area contributed by atoms with E-state index in [4.69, 9.17) is 4.74 Å². The Bertz CT molecular complexity index is 455. The minimum Gasteiger partial charge on any atom is -0.465 e. The van der Waals surface area contributed by atoms with Gasteiger partial charge in [-0.15, -0.1) is 47.5 Å². The molecule has 0 aliphatic rings. The van der Waals surface area contributed by atoms with Crippen LogP contribution in [0, 0.1) is 24.8 Å². The minimum absolute atomic E-state index is 0. The molecule has 5 heteroatoms. The molecule has 2 radical (unpaired) electrons. The van der Waals surface area contributed by atoms with E-state index in [0.717, 1.165) is 16.7 Å². The van der Waals surface area contributed by atoms with Crippen molar-refractivity contribution in [1.82, 2.24) is 0 Å². The first-order chi connectivity index (χ1) is 9.43. The minimum atomic E-state index is -0.240. The zero-order valence-corrected chi connectivity index (χ0v) is 19.3. The molecule has 0 fully saturated rings. The Morgan fingerprint density at radius 2 is 2.00 bits per heavy atom. The van der Waals surface area contributed by atoms with Crippen molar-refractivity contribution >= 4 is 11.5 Å². The average molecular weight is 453 g/mol. The van der Waals surface area contributed by atoms with Crippen molar-refractivity contribution in [2.24, 2.45) is 11.8 Å². The fraction of sp³-hybridized carbons (Fsp3) is 0.471. The van der Waals surface area contributed by atoms with Gasteiger partial charge in [0, 0.05) is 77.9 Å². The molecule has 0 aliphatic heterocycles. The second-order valence-corrected chi connectivity index (χ2v) is 5.42. The Morgan fingerprint density at radius 3 is 2.45 bits per heavy atom. The Balaban J connectivity index is 0. The van der Waals surface area contributed by atoms with Crippen molar-refractivity contribution in [1.29, 1.82) is 0 Å². The maximum absolute atomic E-state index is 11.4. The van der Waals surface area contributed by atoms with Gasteiger partial charge in [0.15, 0.2) is 0 Å². The van der Waals surface area contributed by atoms with Crippen molar-refractivity contribution in [2.45, 2.75) is 27.2 Å². The predicted molar refractivity (Wildman–Crippen MR) is 80.0 cm³/mol. The zero-order chi connectivity index (χ0) is 15.1. The third-order valence-electron chi connectivity index (χ3n) is 3.08. The van der Waals surface area contributed by atoms with E-state index in [1.807, 2.05) is 25.1 Å². The summed E-state index contributed by atoms with van der Waals surface area (Å²) in [4.78, 5) is 11.4. The summed E-state index contributed by atoms with van der Waals surface area (Å²) in [7, 11) is 0. The number of carbonyl (C=O) groups is 1. The average Bonchev–Trinajstić information content (AvgIpc) is 2.43. The molecule has 0 heterocycles. The molecule has 1 aromatic carbocycles. The molecule has 0 spiro atoms. The molecule has 0 bridgehead atoms. The first-order valence-electron chi connectivity index (χ1n) is 6.88. The number of benzene rings is 1. The van der Waals surface area contributed by atoms with E-state index in [1.54, 1.807) is 13.8 Å². The second kappa shape index (κ2) is 13.0. The standard InChI is InChI=1S/C17H23O3.2Y/c1-12(2)17(19)20-11-15(10-18)9-14(4)16-7-5-13(3)6-8-16;;/h5-7,12,15,18H,4,9-11H2,1-3H3;;/q-1;;/t15-;;/m0../s1. The summed E-state index contributed by atoms with van der Waals surface area (Å²) in [5.74, 6) is -0.515. The van der Waals surface area contributed by atoms with Gasteiger partial charge in [-0.3, -0.25) is 4.79 Å². The third-order valence-corrected chi connectivity index (χ3v) is 3.08. The van der Waals surface area contributed by atoms with E-state index >= 15 is 0 Å². The quantitative estimate of drug-likeness (QED) is 0.511. The Kier molecular flexibility index (Phi) is 14.6. The maximum atomic E-state index is 11.4. The molecule has 3 nitrogen and oxygen atoms in total. The molecule has 0 aromatic heterocycles. The fourth-order valence-corrected chi connectivity index (χ4v) is 1.72. The summed E-state index contributed by atoms with van der Waals surface area (Å²) < 4.78 is 5.16. The maximum Gasteiger partial charge on any atom is 0.308 e. The first-order valence-corrected chi connectivity index (χ1v) is 6.88. The van der Waals surface area contributed by atoms with Crippen molar-refractivity contribution in [3.8, 4) is 0 Å². The van der Waals surface area contributed by atoms with Crippen LogP contribution in [0.2, 0.25) is 0 Å². The van der Waals surface area contributed by atoms with E-state index in [2.05, 4.69) is 12.6 Å². The summed E-state index contributed by atoms with van der Waals surface area (Å²) in [6.07, 6.45) is 0.585. The van der Waals surface area contributed by atoms with Crippen molar-refractivity contribution in [3.63, 3.8) is 0 Å². The number of carbonyl (C=O) groups excluding carboxylic acids is 1. The number of rotatable bonds is 7. The van der Waals surface area contributed by atoms with Gasteiger partial charge in [-0.25, -0.2) is 0 Å². The van der Waals surface area contributed by atoms with Crippen molar-refractivity contribution in [3.05, 3.63) is 42.0 Å². The van der Waals surface area contributed by atoms with E-state index in [-0.39, 0.29) is 96.4 Å². The Hall–Kier alpha value is 0.598. The number of ether oxygens (including phenoxy) is 1.